The summed E-state index contributed by atoms with van der Waals surface area (Å²) in [6.45, 7) is 4.84. The number of amides is 1. The quantitative estimate of drug-likeness (QED) is 0.244. The van der Waals surface area contributed by atoms with Crippen LogP contribution in [0.25, 0.3) is 0 Å². The highest BCUT2D eigenvalue weighted by Gasteiger charge is 2.24. The highest BCUT2D eigenvalue weighted by Crippen LogP contribution is 2.32. The average molecular weight is 541 g/mol. The van der Waals surface area contributed by atoms with Crippen molar-refractivity contribution in [3.63, 3.8) is 0 Å². The minimum atomic E-state index is -0.568. The molecule has 2 aromatic rings. The number of nitro benzene ring substituents is 1. The van der Waals surface area contributed by atoms with E-state index in [1.807, 2.05) is 11.0 Å². The predicted octanol–water partition coefficient (Wildman–Crippen LogP) is 3.25. The van der Waals surface area contributed by atoms with Crippen LogP contribution in [0.2, 0.25) is 0 Å². The van der Waals surface area contributed by atoms with E-state index in [0.29, 0.717) is 16.9 Å². The van der Waals surface area contributed by atoms with Gasteiger partial charge in [-0.2, -0.15) is 0 Å². The molecule has 1 amide bonds. The second-order valence-corrected chi connectivity index (χ2v) is 9.84. The molecule has 12 heteroatoms. The number of thiocarbonyl (C=S) groups is 1. The van der Waals surface area contributed by atoms with Gasteiger partial charge >= 0.3 is 5.97 Å². The molecule has 0 atom stereocenters. The fourth-order valence-corrected chi connectivity index (χ4v) is 4.95. The molecule has 0 saturated carbocycles. The number of rotatable bonds is 6. The first-order chi connectivity index (χ1) is 18.3. The molecule has 2 saturated heterocycles. The van der Waals surface area contributed by atoms with E-state index in [9.17, 15) is 19.7 Å². The van der Waals surface area contributed by atoms with Crippen molar-refractivity contribution in [1.82, 2.24) is 10.2 Å². The largest absolute Gasteiger partial charge is 0.465 e. The standard InChI is InChI=1S/C26H32N6O5S/c1-29-12-14-31(15-13-29)21-8-7-19(25(34)37-2)16-20(21)27-26(38)28-24(33)18-6-9-22(23(17-18)32(35)36)30-10-4-3-5-11-30/h6-9,16-17H,3-5,10-15H2,1-2H3,(H2,27,28,33,38). The third-order valence-corrected chi connectivity index (χ3v) is 7.07. The second-order valence-electron chi connectivity index (χ2n) is 9.43. The summed E-state index contributed by atoms with van der Waals surface area (Å²) >= 11 is 5.41. The SMILES string of the molecule is COC(=O)c1ccc(N2CCN(C)CC2)c(NC(=S)NC(=O)c2ccc(N3CCCCC3)c([N+](=O)[O-])c2)c1. The Kier molecular flexibility index (Phi) is 8.74. The van der Waals surface area contributed by atoms with Crippen LogP contribution in [0.15, 0.2) is 36.4 Å². The Morgan fingerprint density at radius 1 is 0.921 bits per heavy atom. The van der Waals surface area contributed by atoms with Crippen molar-refractivity contribution in [3.05, 3.63) is 57.6 Å². The van der Waals surface area contributed by atoms with E-state index < -0.39 is 16.8 Å². The first-order valence-electron chi connectivity index (χ1n) is 12.6. The number of esters is 1. The lowest BCUT2D eigenvalue weighted by Crippen LogP contribution is -2.45. The number of anilines is 3. The van der Waals surface area contributed by atoms with E-state index in [1.54, 1.807) is 24.3 Å². The summed E-state index contributed by atoms with van der Waals surface area (Å²) in [5.41, 5.74) is 2.26. The number of ether oxygens (including phenoxy) is 1. The Hall–Kier alpha value is -3.77. The number of methoxy groups -OCH3 is 1. The maximum absolute atomic E-state index is 13.0. The van der Waals surface area contributed by atoms with Gasteiger partial charge in [-0.25, -0.2) is 4.79 Å². The smallest absolute Gasteiger partial charge is 0.337 e. The van der Waals surface area contributed by atoms with Crippen LogP contribution >= 0.6 is 12.2 Å². The first-order valence-corrected chi connectivity index (χ1v) is 13.0. The van der Waals surface area contributed by atoms with Crippen molar-refractivity contribution in [1.29, 1.82) is 0 Å². The van der Waals surface area contributed by atoms with Gasteiger partial charge in [-0.1, -0.05) is 0 Å². The summed E-state index contributed by atoms with van der Waals surface area (Å²) in [7, 11) is 3.37. The second kappa shape index (κ2) is 12.2. The molecule has 0 aliphatic carbocycles. The van der Waals surface area contributed by atoms with Crippen molar-refractivity contribution in [2.45, 2.75) is 19.3 Å². The number of carbonyl (C=O) groups is 2. The molecule has 2 heterocycles. The van der Waals surface area contributed by atoms with Crippen molar-refractivity contribution >= 4 is 52.0 Å². The summed E-state index contributed by atoms with van der Waals surface area (Å²) in [5, 5.41) is 17.4. The molecule has 0 radical (unpaired) electrons. The third-order valence-electron chi connectivity index (χ3n) is 6.87. The van der Waals surface area contributed by atoms with Gasteiger partial charge in [0.15, 0.2) is 5.11 Å². The van der Waals surface area contributed by atoms with Crippen molar-refractivity contribution < 1.29 is 19.2 Å². The molecule has 38 heavy (non-hydrogen) atoms. The Labute approximate surface area is 226 Å². The molecule has 2 aliphatic rings. The first kappa shape index (κ1) is 27.3. The van der Waals surface area contributed by atoms with E-state index in [-0.39, 0.29) is 16.4 Å². The van der Waals surface area contributed by atoms with Crippen LogP contribution in [0.1, 0.15) is 40.0 Å². The summed E-state index contributed by atoms with van der Waals surface area (Å²) in [5.74, 6) is -1.06. The lowest BCUT2D eigenvalue weighted by atomic mass is 10.1. The minimum Gasteiger partial charge on any atom is -0.465 e. The topological polar surface area (TPSA) is 120 Å². The number of piperazine rings is 1. The van der Waals surface area contributed by atoms with Crippen LogP contribution in [-0.4, -0.2) is 80.2 Å². The molecule has 2 aromatic carbocycles. The van der Waals surface area contributed by atoms with Crippen molar-refractivity contribution in [3.8, 4) is 0 Å². The maximum atomic E-state index is 13.0. The summed E-state index contributed by atoms with van der Waals surface area (Å²) in [6.07, 6.45) is 3.06. The fourth-order valence-electron chi connectivity index (χ4n) is 4.75. The van der Waals surface area contributed by atoms with Crippen LogP contribution in [0.5, 0.6) is 0 Å². The lowest BCUT2D eigenvalue weighted by molar-refractivity contribution is -0.384. The fraction of sp³-hybridized carbons (Fsp3) is 0.423. The molecular formula is C26H32N6O5S. The van der Waals surface area contributed by atoms with Gasteiger partial charge in [0.25, 0.3) is 11.6 Å². The third kappa shape index (κ3) is 6.37. The Morgan fingerprint density at radius 2 is 1.55 bits per heavy atom. The predicted molar refractivity (Wildman–Crippen MR) is 150 cm³/mol. The van der Waals surface area contributed by atoms with Crippen LogP contribution in [0, 0.1) is 10.1 Å². The molecular weight excluding hydrogens is 508 g/mol. The molecule has 2 fully saturated rings. The molecule has 4 rings (SSSR count). The molecule has 0 spiro atoms. The average Bonchev–Trinajstić information content (AvgIpc) is 2.93. The summed E-state index contributed by atoms with van der Waals surface area (Å²) < 4.78 is 4.85. The van der Waals surface area contributed by atoms with Crippen LogP contribution < -0.4 is 20.4 Å². The zero-order valence-electron chi connectivity index (χ0n) is 21.6. The number of nitrogens with zero attached hydrogens (tertiary/aromatic N) is 4. The molecule has 202 valence electrons. The Balaban J connectivity index is 1.52. The molecule has 2 N–H and O–H groups in total. The molecule has 0 aromatic heterocycles. The van der Waals surface area contributed by atoms with E-state index in [4.69, 9.17) is 17.0 Å². The van der Waals surface area contributed by atoms with Gasteiger partial charge in [0.1, 0.15) is 5.69 Å². The number of carbonyl (C=O) groups excluding carboxylic acids is 2. The number of nitrogens with one attached hydrogen (secondary N) is 2. The molecule has 11 nitrogen and oxygen atoms in total. The van der Waals surface area contributed by atoms with E-state index in [0.717, 1.165) is 64.2 Å². The van der Waals surface area contributed by atoms with E-state index >= 15 is 0 Å². The number of hydrogen-bond acceptors (Lipinski definition) is 9. The van der Waals surface area contributed by atoms with Crippen molar-refractivity contribution in [2.24, 2.45) is 0 Å². The van der Waals surface area contributed by atoms with Gasteiger partial charge in [0.2, 0.25) is 0 Å². The number of nitro groups is 1. The zero-order valence-corrected chi connectivity index (χ0v) is 22.4. The van der Waals surface area contributed by atoms with Crippen LogP contribution in [0.3, 0.4) is 0 Å². The number of piperidine rings is 1. The highest BCUT2D eigenvalue weighted by molar-refractivity contribution is 7.80. The van der Waals surface area contributed by atoms with Crippen LogP contribution in [-0.2, 0) is 4.74 Å². The van der Waals surface area contributed by atoms with E-state index in [1.165, 1.54) is 13.2 Å². The zero-order chi connectivity index (χ0) is 27.2. The molecule has 2 aliphatic heterocycles. The maximum Gasteiger partial charge on any atom is 0.337 e. The monoisotopic (exact) mass is 540 g/mol. The van der Waals surface area contributed by atoms with Crippen LogP contribution in [0.4, 0.5) is 22.7 Å². The van der Waals surface area contributed by atoms with E-state index in [2.05, 4.69) is 27.5 Å². The number of benzene rings is 2. The molecule has 0 bridgehead atoms. The van der Waals surface area contributed by atoms with Gasteiger partial charge in [-0.05, 0) is 68.9 Å². The van der Waals surface area contributed by atoms with Gasteiger partial charge in [-0.3, -0.25) is 20.2 Å². The Morgan fingerprint density at radius 3 is 2.21 bits per heavy atom. The van der Waals surface area contributed by atoms with Crippen molar-refractivity contribution in [2.75, 3.05) is 68.5 Å². The summed E-state index contributed by atoms with van der Waals surface area (Å²) in [4.78, 5) is 42.9. The summed E-state index contributed by atoms with van der Waals surface area (Å²) in [6, 6.07) is 9.64. The molecule has 0 unspecified atom stereocenters. The number of hydrogen-bond donors (Lipinski definition) is 2. The van der Waals surface area contributed by atoms with Gasteiger partial charge in [0.05, 0.1) is 29.0 Å². The van der Waals surface area contributed by atoms with Gasteiger partial charge < -0.3 is 24.8 Å². The van der Waals surface area contributed by atoms with Gasteiger partial charge in [0, 0.05) is 50.9 Å². The highest BCUT2D eigenvalue weighted by atomic mass is 32.1. The number of likely N-dealkylation sites (N-methyl/N-ethyl adjacent to an activating group) is 1. The van der Waals surface area contributed by atoms with Gasteiger partial charge in [-0.15, -0.1) is 0 Å². The Bertz CT molecular complexity index is 1220. The lowest BCUT2D eigenvalue weighted by Gasteiger charge is -2.35. The minimum absolute atomic E-state index is 0.00940. The normalized spacial score (nSPS) is 16.1.